The van der Waals surface area contributed by atoms with Crippen LogP contribution in [0.3, 0.4) is 0 Å². The van der Waals surface area contributed by atoms with Crippen LogP contribution in [0, 0.1) is 12.3 Å². The van der Waals surface area contributed by atoms with Crippen LogP contribution < -0.4 is 0 Å². The van der Waals surface area contributed by atoms with Crippen LogP contribution in [0.15, 0.2) is 30.5 Å². The Kier molecular flexibility index (Phi) is 3.23. The van der Waals surface area contributed by atoms with Gasteiger partial charge in [0.15, 0.2) is 0 Å². The van der Waals surface area contributed by atoms with Gasteiger partial charge in [0.1, 0.15) is 12.2 Å². The molecule has 2 heterocycles. The molecule has 2 rings (SSSR count). The van der Waals surface area contributed by atoms with Gasteiger partial charge in [-0.05, 0) is 18.2 Å². The SMILES string of the molecule is C#CCn1nc(-c2ccccn2)cc1CCl. The van der Waals surface area contributed by atoms with Crippen molar-refractivity contribution < 1.29 is 0 Å². The van der Waals surface area contributed by atoms with Crippen molar-refractivity contribution in [1.29, 1.82) is 0 Å². The highest BCUT2D eigenvalue weighted by molar-refractivity contribution is 6.16. The predicted molar refractivity (Wildman–Crippen MR) is 63.8 cm³/mol. The minimum atomic E-state index is 0.390. The molecule has 3 nitrogen and oxygen atoms in total. The molecule has 16 heavy (non-hydrogen) atoms. The molecule has 0 saturated carbocycles. The number of alkyl halides is 1. The van der Waals surface area contributed by atoms with Crippen molar-refractivity contribution in [1.82, 2.24) is 14.8 Å². The fourth-order valence-corrected chi connectivity index (χ4v) is 1.64. The molecule has 0 aliphatic carbocycles. The van der Waals surface area contributed by atoms with E-state index in [-0.39, 0.29) is 0 Å². The Morgan fingerprint density at radius 2 is 2.25 bits per heavy atom. The molecule has 0 saturated heterocycles. The van der Waals surface area contributed by atoms with E-state index in [1.165, 1.54) is 0 Å². The number of nitrogens with zero attached hydrogens (tertiary/aromatic N) is 3. The molecule has 0 radical (unpaired) electrons. The molecule has 0 aliphatic rings. The van der Waals surface area contributed by atoms with Crippen molar-refractivity contribution in [2.75, 3.05) is 0 Å². The van der Waals surface area contributed by atoms with Crippen molar-refractivity contribution in [2.24, 2.45) is 0 Å². The van der Waals surface area contributed by atoms with Crippen LogP contribution in [-0.2, 0) is 12.4 Å². The second-order valence-corrected chi connectivity index (χ2v) is 3.50. The van der Waals surface area contributed by atoms with Gasteiger partial charge in [-0.25, -0.2) is 0 Å². The maximum Gasteiger partial charge on any atom is 0.111 e. The number of aromatic nitrogens is 3. The van der Waals surface area contributed by atoms with E-state index < -0.39 is 0 Å². The molecular weight excluding hydrogens is 222 g/mol. The fourth-order valence-electron chi connectivity index (χ4n) is 1.43. The van der Waals surface area contributed by atoms with E-state index in [9.17, 15) is 0 Å². The molecule has 0 N–H and O–H groups in total. The van der Waals surface area contributed by atoms with E-state index in [2.05, 4.69) is 16.0 Å². The van der Waals surface area contributed by atoms with Crippen molar-refractivity contribution >= 4 is 11.6 Å². The Balaban J connectivity index is 2.41. The number of halogens is 1. The molecule has 0 spiro atoms. The van der Waals surface area contributed by atoms with E-state index in [0.29, 0.717) is 12.4 Å². The van der Waals surface area contributed by atoms with E-state index in [1.807, 2.05) is 24.3 Å². The Hall–Kier alpha value is -1.79. The summed E-state index contributed by atoms with van der Waals surface area (Å²) in [4.78, 5) is 4.23. The highest BCUT2D eigenvalue weighted by atomic mass is 35.5. The topological polar surface area (TPSA) is 30.7 Å². The molecule has 0 amide bonds. The lowest BCUT2D eigenvalue weighted by atomic mass is 10.2. The summed E-state index contributed by atoms with van der Waals surface area (Å²) in [7, 11) is 0. The first-order valence-corrected chi connectivity index (χ1v) is 5.36. The Bertz CT molecular complexity index is 511. The maximum absolute atomic E-state index is 5.82. The number of pyridine rings is 1. The normalized spacial score (nSPS) is 10.0. The molecule has 0 atom stereocenters. The van der Waals surface area contributed by atoms with Gasteiger partial charge in [-0.15, -0.1) is 18.0 Å². The summed E-state index contributed by atoms with van der Waals surface area (Å²) in [5.74, 6) is 2.94. The second-order valence-electron chi connectivity index (χ2n) is 3.23. The van der Waals surface area contributed by atoms with Gasteiger partial charge >= 0.3 is 0 Å². The lowest BCUT2D eigenvalue weighted by molar-refractivity contribution is 0.689. The summed E-state index contributed by atoms with van der Waals surface area (Å²) in [5, 5.41) is 4.37. The minimum Gasteiger partial charge on any atom is -0.256 e. The van der Waals surface area contributed by atoms with Crippen LogP contribution >= 0.6 is 11.6 Å². The van der Waals surface area contributed by atoms with Crippen LogP contribution in [0.25, 0.3) is 11.4 Å². The number of terminal acetylenes is 1. The highest BCUT2D eigenvalue weighted by Crippen LogP contribution is 2.17. The van der Waals surface area contributed by atoms with Gasteiger partial charge in [0.25, 0.3) is 0 Å². The average Bonchev–Trinajstić information content (AvgIpc) is 2.74. The Morgan fingerprint density at radius 3 is 2.88 bits per heavy atom. The summed E-state index contributed by atoms with van der Waals surface area (Å²) >= 11 is 5.82. The van der Waals surface area contributed by atoms with E-state index in [4.69, 9.17) is 18.0 Å². The molecule has 4 heteroatoms. The average molecular weight is 232 g/mol. The van der Waals surface area contributed by atoms with Crippen molar-refractivity contribution in [3.8, 4) is 23.7 Å². The summed E-state index contributed by atoms with van der Waals surface area (Å²) in [6, 6.07) is 7.60. The number of rotatable bonds is 3. The van der Waals surface area contributed by atoms with Gasteiger partial charge in [-0.2, -0.15) is 5.10 Å². The van der Waals surface area contributed by atoms with E-state index in [1.54, 1.807) is 10.9 Å². The van der Waals surface area contributed by atoms with Crippen molar-refractivity contribution in [3.63, 3.8) is 0 Å². The molecule has 0 aromatic carbocycles. The van der Waals surface area contributed by atoms with Crippen LogP contribution in [0.1, 0.15) is 5.69 Å². The summed E-state index contributed by atoms with van der Waals surface area (Å²) < 4.78 is 1.72. The van der Waals surface area contributed by atoms with Crippen LogP contribution in [0.2, 0.25) is 0 Å². The van der Waals surface area contributed by atoms with Gasteiger partial charge in [0.05, 0.1) is 17.3 Å². The van der Waals surface area contributed by atoms with Gasteiger partial charge in [0.2, 0.25) is 0 Å². The molecule has 0 fully saturated rings. The van der Waals surface area contributed by atoms with Gasteiger partial charge in [-0.3, -0.25) is 9.67 Å². The van der Waals surface area contributed by atoms with E-state index >= 15 is 0 Å². The quantitative estimate of drug-likeness (QED) is 0.600. The zero-order valence-corrected chi connectivity index (χ0v) is 9.35. The fraction of sp³-hybridized carbons (Fsp3) is 0.167. The number of hydrogen-bond acceptors (Lipinski definition) is 2. The maximum atomic E-state index is 5.82. The molecule has 0 bridgehead atoms. The van der Waals surface area contributed by atoms with Gasteiger partial charge in [0, 0.05) is 6.20 Å². The smallest absolute Gasteiger partial charge is 0.111 e. The minimum absolute atomic E-state index is 0.390. The first-order chi connectivity index (χ1) is 7.85. The van der Waals surface area contributed by atoms with Crippen molar-refractivity contribution in [3.05, 3.63) is 36.2 Å². The number of hydrogen-bond donors (Lipinski definition) is 0. The molecule has 2 aromatic rings. The van der Waals surface area contributed by atoms with Crippen LogP contribution in [0.4, 0.5) is 0 Å². The predicted octanol–water partition coefficient (Wildman–Crippen LogP) is 2.32. The van der Waals surface area contributed by atoms with Crippen molar-refractivity contribution in [2.45, 2.75) is 12.4 Å². The van der Waals surface area contributed by atoms with Gasteiger partial charge in [-0.1, -0.05) is 12.0 Å². The van der Waals surface area contributed by atoms with Crippen LogP contribution in [0.5, 0.6) is 0 Å². The largest absolute Gasteiger partial charge is 0.256 e. The summed E-state index contributed by atoms with van der Waals surface area (Å²) in [6.07, 6.45) is 6.99. The lowest BCUT2D eigenvalue weighted by Crippen LogP contribution is -2.01. The summed E-state index contributed by atoms with van der Waals surface area (Å²) in [5.41, 5.74) is 2.52. The lowest BCUT2D eigenvalue weighted by Gasteiger charge is -1.97. The first-order valence-electron chi connectivity index (χ1n) is 4.82. The van der Waals surface area contributed by atoms with Crippen LogP contribution in [-0.4, -0.2) is 14.8 Å². The molecular formula is C12H10ClN3. The van der Waals surface area contributed by atoms with E-state index in [0.717, 1.165) is 17.1 Å². The zero-order valence-electron chi connectivity index (χ0n) is 8.60. The monoisotopic (exact) mass is 231 g/mol. The molecule has 0 aliphatic heterocycles. The summed E-state index contributed by atoms with van der Waals surface area (Å²) in [6.45, 7) is 0.425. The Labute approximate surface area is 99.1 Å². The molecule has 80 valence electrons. The third-order valence-electron chi connectivity index (χ3n) is 2.17. The molecule has 2 aromatic heterocycles. The van der Waals surface area contributed by atoms with Gasteiger partial charge < -0.3 is 0 Å². The third-order valence-corrected chi connectivity index (χ3v) is 2.44. The molecule has 0 unspecified atom stereocenters. The Morgan fingerprint density at radius 1 is 1.38 bits per heavy atom. The third kappa shape index (κ3) is 2.07. The second kappa shape index (κ2) is 4.82. The first kappa shape index (κ1) is 10.7. The zero-order chi connectivity index (χ0) is 11.4. The standard InChI is InChI=1S/C12H10ClN3/c1-2-7-16-10(9-13)8-12(15-16)11-5-3-4-6-14-11/h1,3-6,8H,7,9H2. The highest BCUT2D eigenvalue weighted by Gasteiger charge is 2.08.